The van der Waals surface area contributed by atoms with Crippen LogP contribution >= 0.6 is 0 Å². The van der Waals surface area contributed by atoms with Crippen LogP contribution in [0.15, 0.2) is 6.07 Å². The van der Waals surface area contributed by atoms with Gasteiger partial charge in [0.05, 0.1) is 17.8 Å². The Kier molecular flexibility index (Phi) is 4.41. The van der Waals surface area contributed by atoms with Gasteiger partial charge in [0.2, 0.25) is 0 Å². The molecule has 6 heteroatoms. The molecule has 2 saturated carbocycles. The number of hydrogen-bond donors (Lipinski definition) is 3. The Morgan fingerprint density at radius 3 is 2.48 bits per heavy atom. The van der Waals surface area contributed by atoms with Crippen LogP contribution in [0, 0.1) is 22.7 Å². The average molecular weight is 402 g/mol. The van der Waals surface area contributed by atoms with Crippen molar-refractivity contribution in [2.45, 2.75) is 71.2 Å². The van der Waals surface area contributed by atoms with E-state index in [1.165, 1.54) is 6.07 Å². The van der Waals surface area contributed by atoms with Gasteiger partial charge < -0.3 is 20.1 Å². The molecule has 0 radical (unpaired) electrons. The van der Waals surface area contributed by atoms with Crippen molar-refractivity contribution in [2.24, 2.45) is 22.7 Å². The Balaban J connectivity index is 1.91. The van der Waals surface area contributed by atoms with Gasteiger partial charge in [-0.3, -0.25) is 9.59 Å². The summed E-state index contributed by atoms with van der Waals surface area (Å²) in [6, 6.07) is 1.32. The first-order valence-corrected chi connectivity index (χ1v) is 10.4. The minimum absolute atomic E-state index is 0.00775. The summed E-state index contributed by atoms with van der Waals surface area (Å²) < 4.78 is 6.57. The van der Waals surface area contributed by atoms with Gasteiger partial charge in [0, 0.05) is 28.9 Å². The zero-order chi connectivity index (χ0) is 21.4. The van der Waals surface area contributed by atoms with Crippen molar-refractivity contribution < 1.29 is 29.6 Å². The molecule has 6 atom stereocenters. The first-order valence-electron chi connectivity index (χ1n) is 10.4. The molecule has 6 nitrogen and oxygen atoms in total. The minimum Gasteiger partial charge on any atom is -0.508 e. The third-order valence-corrected chi connectivity index (χ3v) is 8.62. The number of fused-ring (bicyclic) bond motifs is 3. The molecule has 1 heterocycles. The number of rotatable bonds is 2. The molecule has 29 heavy (non-hydrogen) atoms. The van der Waals surface area contributed by atoms with Gasteiger partial charge >= 0.3 is 0 Å². The first-order chi connectivity index (χ1) is 13.5. The summed E-state index contributed by atoms with van der Waals surface area (Å²) >= 11 is 0. The predicted molar refractivity (Wildman–Crippen MR) is 106 cm³/mol. The van der Waals surface area contributed by atoms with Crippen LogP contribution in [0.5, 0.6) is 11.5 Å². The summed E-state index contributed by atoms with van der Waals surface area (Å²) in [4.78, 5) is 23.2. The number of carbonyl (C=O) groups excluding carboxylic acids is 2. The topological polar surface area (TPSA) is 104 Å². The Morgan fingerprint density at radius 1 is 1.17 bits per heavy atom. The molecule has 3 aliphatic rings. The minimum atomic E-state index is -0.841. The molecule has 0 aromatic heterocycles. The molecule has 2 aliphatic carbocycles. The van der Waals surface area contributed by atoms with E-state index in [9.17, 15) is 24.9 Å². The first kappa shape index (κ1) is 20.4. The molecule has 1 aliphatic heterocycles. The Bertz CT molecular complexity index is 877. The monoisotopic (exact) mass is 402 g/mol. The molecule has 1 aromatic carbocycles. The van der Waals surface area contributed by atoms with Crippen molar-refractivity contribution in [1.82, 2.24) is 0 Å². The second kappa shape index (κ2) is 6.29. The fraction of sp³-hybridized carbons (Fsp3) is 0.652. The Labute approximate surface area is 170 Å². The van der Waals surface area contributed by atoms with Crippen molar-refractivity contribution in [3.63, 3.8) is 0 Å². The fourth-order valence-electron chi connectivity index (χ4n) is 6.66. The normalized spacial score (nSPS) is 40.1. The van der Waals surface area contributed by atoms with Crippen LogP contribution in [-0.2, 0) is 6.42 Å². The summed E-state index contributed by atoms with van der Waals surface area (Å²) in [6.07, 6.45) is 2.28. The highest BCUT2D eigenvalue weighted by Gasteiger charge is 2.69. The van der Waals surface area contributed by atoms with Crippen LogP contribution < -0.4 is 4.74 Å². The molecule has 1 aromatic rings. The highest BCUT2D eigenvalue weighted by molar-refractivity contribution is 5.95. The lowest BCUT2D eigenvalue weighted by molar-refractivity contribution is -0.236. The number of aromatic hydroxyl groups is 1. The smallest absolute Gasteiger partial charge is 0.154 e. The molecule has 4 rings (SSSR count). The Morgan fingerprint density at radius 2 is 1.86 bits per heavy atom. The molecular formula is C23H30O6. The largest absolute Gasteiger partial charge is 0.508 e. The van der Waals surface area contributed by atoms with Gasteiger partial charge in [0.25, 0.3) is 0 Å². The van der Waals surface area contributed by atoms with Crippen LogP contribution in [0.4, 0.5) is 0 Å². The van der Waals surface area contributed by atoms with Crippen LogP contribution in [0.1, 0.15) is 73.2 Å². The van der Waals surface area contributed by atoms with Gasteiger partial charge in [-0.05, 0) is 36.7 Å². The lowest BCUT2D eigenvalue weighted by Crippen LogP contribution is -2.69. The number of hydrogen-bond acceptors (Lipinski definition) is 6. The maximum Gasteiger partial charge on any atom is 0.154 e. The molecular weight excluding hydrogens is 372 g/mol. The standard InChI is InChI=1S/C23H30O6/c1-12-16(26)8-18-21(2,3)19(28)5-6-22(18,4)23(12)9-14-17(27)7-13(10-24)15(11-25)20(14)29-23/h7,10-12,16,18-19,26-28H,5-6,8-9H2,1-4H3/t12-,16+,18+,19-,22+,23-/m1/s1. The average Bonchev–Trinajstić information content (AvgIpc) is 3.09. The SMILES string of the molecule is C[C@@H]1[C@@H](O)C[C@H]2C(C)(C)[C@H](O)CC[C@]2(C)[C@@]12Cc1c(O)cc(C=O)c(C=O)c1O2. The summed E-state index contributed by atoms with van der Waals surface area (Å²) in [5.74, 6) is -0.0635. The van der Waals surface area contributed by atoms with Gasteiger partial charge in [-0.25, -0.2) is 0 Å². The Hall–Kier alpha value is -1.92. The number of ether oxygens (including phenoxy) is 1. The number of phenolic OH excluding ortho intramolecular Hbond substituents is 1. The maximum absolute atomic E-state index is 11.8. The van der Waals surface area contributed by atoms with E-state index in [1.807, 2.05) is 20.8 Å². The summed E-state index contributed by atoms with van der Waals surface area (Å²) in [7, 11) is 0. The zero-order valence-electron chi connectivity index (χ0n) is 17.4. The number of benzene rings is 1. The van der Waals surface area contributed by atoms with Gasteiger partial charge in [0.15, 0.2) is 12.6 Å². The van der Waals surface area contributed by atoms with Crippen LogP contribution in [-0.4, -0.2) is 45.7 Å². The second-order valence-corrected chi connectivity index (χ2v) is 10.0. The summed E-state index contributed by atoms with van der Waals surface area (Å²) in [5.41, 5.74) is -0.885. The van der Waals surface area contributed by atoms with E-state index in [2.05, 4.69) is 6.92 Å². The highest BCUT2D eigenvalue weighted by atomic mass is 16.5. The van der Waals surface area contributed by atoms with Crippen molar-refractivity contribution in [2.75, 3.05) is 0 Å². The quantitative estimate of drug-likeness (QED) is 0.657. The van der Waals surface area contributed by atoms with E-state index >= 15 is 0 Å². The van der Waals surface area contributed by atoms with Gasteiger partial charge in [0.1, 0.15) is 17.1 Å². The maximum atomic E-state index is 11.8. The lowest BCUT2D eigenvalue weighted by atomic mass is 9.43. The number of aliphatic hydroxyl groups excluding tert-OH is 2. The van der Waals surface area contributed by atoms with Crippen molar-refractivity contribution in [3.05, 3.63) is 22.8 Å². The fourth-order valence-corrected chi connectivity index (χ4v) is 6.66. The molecule has 0 unspecified atom stereocenters. The molecule has 158 valence electrons. The lowest BCUT2D eigenvalue weighted by Gasteiger charge is -2.64. The van der Waals surface area contributed by atoms with Gasteiger partial charge in [-0.2, -0.15) is 0 Å². The molecule has 0 saturated heterocycles. The van der Waals surface area contributed by atoms with Crippen molar-refractivity contribution >= 4 is 12.6 Å². The van der Waals surface area contributed by atoms with Crippen LogP contribution in [0.3, 0.4) is 0 Å². The molecule has 2 fully saturated rings. The van der Waals surface area contributed by atoms with E-state index in [4.69, 9.17) is 4.74 Å². The number of phenols is 1. The van der Waals surface area contributed by atoms with Crippen LogP contribution in [0.25, 0.3) is 0 Å². The van der Waals surface area contributed by atoms with Gasteiger partial charge in [-0.1, -0.05) is 27.7 Å². The van der Waals surface area contributed by atoms with Gasteiger partial charge in [-0.15, -0.1) is 0 Å². The van der Waals surface area contributed by atoms with E-state index in [1.54, 1.807) is 0 Å². The molecule has 3 N–H and O–H groups in total. The van der Waals surface area contributed by atoms with Crippen LogP contribution in [0.2, 0.25) is 0 Å². The number of aliphatic hydroxyl groups is 2. The summed E-state index contributed by atoms with van der Waals surface area (Å²) in [6.45, 7) is 8.18. The molecule has 0 amide bonds. The van der Waals surface area contributed by atoms with E-state index in [-0.39, 0.29) is 39.9 Å². The zero-order valence-corrected chi connectivity index (χ0v) is 17.4. The third kappa shape index (κ3) is 2.42. The van der Waals surface area contributed by atoms with E-state index < -0.39 is 23.2 Å². The second-order valence-electron chi connectivity index (χ2n) is 10.0. The highest BCUT2D eigenvalue weighted by Crippen LogP contribution is 2.66. The third-order valence-electron chi connectivity index (χ3n) is 8.62. The number of aldehydes is 2. The van der Waals surface area contributed by atoms with E-state index in [0.717, 1.165) is 0 Å². The number of carbonyl (C=O) groups is 2. The predicted octanol–water partition coefficient (Wildman–Crippen LogP) is 2.90. The molecule has 0 bridgehead atoms. The summed E-state index contributed by atoms with van der Waals surface area (Å²) in [5, 5.41) is 32.3. The van der Waals surface area contributed by atoms with Crippen molar-refractivity contribution in [1.29, 1.82) is 0 Å². The van der Waals surface area contributed by atoms with Crippen molar-refractivity contribution in [3.8, 4) is 11.5 Å². The van der Waals surface area contributed by atoms with E-state index in [0.29, 0.717) is 43.8 Å². The molecule has 1 spiro atoms.